The van der Waals surface area contributed by atoms with E-state index in [4.69, 9.17) is 14.2 Å². The molecule has 0 unspecified atom stereocenters. The lowest BCUT2D eigenvalue weighted by Gasteiger charge is -2.40. The van der Waals surface area contributed by atoms with E-state index < -0.39 is 6.09 Å². The molecule has 28 heavy (non-hydrogen) atoms. The zero-order valence-corrected chi connectivity index (χ0v) is 15.6. The summed E-state index contributed by atoms with van der Waals surface area (Å²) in [4.78, 5) is 27.9. The quantitative estimate of drug-likeness (QED) is 0.768. The fourth-order valence-corrected chi connectivity index (χ4v) is 3.43. The maximum absolute atomic E-state index is 12.6. The Morgan fingerprint density at radius 1 is 1.07 bits per heavy atom. The van der Waals surface area contributed by atoms with Crippen LogP contribution in [0, 0.1) is 0 Å². The van der Waals surface area contributed by atoms with Crippen molar-refractivity contribution in [2.75, 3.05) is 33.4 Å². The molecule has 2 aromatic carbocycles. The van der Waals surface area contributed by atoms with Crippen LogP contribution in [-0.2, 0) is 9.53 Å². The van der Waals surface area contributed by atoms with E-state index in [-0.39, 0.29) is 31.2 Å². The number of carbonyl (C=O) groups is 2. The molecule has 0 saturated carbocycles. The van der Waals surface area contributed by atoms with Crippen molar-refractivity contribution in [1.82, 2.24) is 9.80 Å². The van der Waals surface area contributed by atoms with Gasteiger partial charge in [0.1, 0.15) is 19.3 Å². The average molecular weight is 382 g/mol. The SMILES string of the molecule is COc1ccccc1OC1CN(C(=O)CN2C(=O)OC[C@@H]2c2ccccc2)C1. The molecule has 2 fully saturated rings. The van der Waals surface area contributed by atoms with Gasteiger partial charge in [0.25, 0.3) is 0 Å². The number of ether oxygens (including phenoxy) is 3. The van der Waals surface area contributed by atoms with Gasteiger partial charge in [-0.1, -0.05) is 42.5 Å². The van der Waals surface area contributed by atoms with E-state index in [1.165, 1.54) is 4.90 Å². The molecule has 0 bridgehead atoms. The van der Waals surface area contributed by atoms with E-state index in [9.17, 15) is 9.59 Å². The molecule has 0 radical (unpaired) electrons. The lowest BCUT2D eigenvalue weighted by atomic mass is 10.1. The summed E-state index contributed by atoms with van der Waals surface area (Å²) >= 11 is 0. The van der Waals surface area contributed by atoms with Crippen molar-refractivity contribution in [3.05, 3.63) is 60.2 Å². The third-order valence-electron chi connectivity index (χ3n) is 5.03. The Kier molecular flexibility index (Phi) is 5.06. The van der Waals surface area contributed by atoms with Crippen LogP contribution >= 0.6 is 0 Å². The van der Waals surface area contributed by atoms with Crippen molar-refractivity contribution in [2.45, 2.75) is 12.1 Å². The second-order valence-electron chi connectivity index (χ2n) is 6.82. The minimum absolute atomic E-state index is 0.000226. The van der Waals surface area contributed by atoms with E-state index in [2.05, 4.69) is 0 Å². The number of benzene rings is 2. The molecule has 2 aliphatic rings. The summed E-state index contributed by atoms with van der Waals surface area (Å²) in [5, 5.41) is 0. The van der Waals surface area contributed by atoms with Gasteiger partial charge in [-0.25, -0.2) is 4.79 Å². The predicted octanol–water partition coefficient (Wildman–Crippen LogP) is 2.48. The number of amides is 2. The average Bonchev–Trinajstić information content (AvgIpc) is 3.05. The number of likely N-dealkylation sites (tertiary alicyclic amines) is 1. The van der Waals surface area contributed by atoms with Crippen molar-refractivity contribution >= 4 is 12.0 Å². The van der Waals surface area contributed by atoms with Crippen LogP contribution in [0.25, 0.3) is 0 Å². The number of carbonyl (C=O) groups excluding carboxylic acids is 2. The van der Waals surface area contributed by atoms with E-state index in [1.807, 2.05) is 54.6 Å². The Labute approximate surface area is 163 Å². The number of para-hydroxylation sites is 2. The minimum atomic E-state index is -0.454. The van der Waals surface area contributed by atoms with Gasteiger partial charge in [0.15, 0.2) is 11.5 Å². The molecule has 4 rings (SSSR count). The summed E-state index contributed by atoms with van der Waals surface area (Å²) in [6, 6.07) is 16.8. The Morgan fingerprint density at radius 2 is 1.75 bits per heavy atom. The highest BCUT2D eigenvalue weighted by atomic mass is 16.6. The molecule has 146 valence electrons. The molecule has 2 aromatic rings. The van der Waals surface area contributed by atoms with Crippen LogP contribution in [0.5, 0.6) is 11.5 Å². The second-order valence-corrected chi connectivity index (χ2v) is 6.82. The van der Waals surface area contributed by atoms with Gasteiger partial charge in [0.05, 0.1) is 26.2 Å². The highest BCUT2D eigenvalue weighted by Crippen LogP contribution is 2.30. The van der Waals surface area contributed by atoms with Crippen LogP contribution in [0.1, 0.15) is 11.6 Å². The molecule has 2 heterocycles. The third-order valence-corrected chi connectivity index (χ3v) is 5.03. The van der Waals surface area contributed by atoms with Crippen molar-refractivity contribution in [3.8, 4) is 11.5 Å². The van der Waals surface area contributed by atoms with Gasteiger partial charge >= 0.3 is 6.09 Å². The summed E-state index contributed by atoms with van der Waals surface area (Å²) in [5.74, 6) is 1.21. The van der Waals surface area contributed by atoms with Crippen LogP contribution in [0.15, 0.2) is 54.6 Å². The van der Waals surface area contributed by atoms with Crippen LogP contribution in [0.4, 0.5) is 4.79 Å². The minimum Gasteiger partial charge on any atom is -0.493 e. The lowest BCUT2D eigenvalue weighted by molar-refractivity contribution is -0.140. The maximum atomic E-state index is 12.6. The van der Waals surface area contributed by atoms with Crippen molar-refractivity contribution < 1.29 is 23.8 Å². The Hall–Kier alpha value is -3.22. The Bertz CT molecular complexity index is 851. The third kappa shape index (κ3) is 3.60. The summed E-state index contributed by atoms with van der Waals surface area (Å²) in [5.41, 5.74) is 0.960. The molecule has 0 N–H and O–H groups in total. The molecule has 7 nitrogen and oxygen atoms in total. The van der Waals surface area contributed by atoms with E-state index in [1.54, 1.807) is 12.0 Å². The fourth-order valence-electron chi connectivity index (χ4n) is 3.43. The van der Waals surface area contributed by atoms with Crippen molar-refractivity contribution in [2.24, 2.45) is 0 Å². The first-order chi connectivity index (χ1) is 13.7. The standard InChI is InChI=1S/C21H22N2O5/c1-26-18-9-5-6-10-19(18)28-16-11-22(12-16)20(24)13-23-17(14-27-21(23)25)15-7-3-2-4-8-15/h2-10,16-17H,11-14H2,1H3/t17-/m1/s1. The van der Waals surface area contributed by atoms with Gasteiger partial charge in [-0.3, -0.25) is 9.69 Å². The zero-order valence-electron chi connectivity index (χ0n) is 15.6. The smallest absolute Gasteiger partial charge is 0.410 e. The Balaban J connectivity index is 1.33. The zero-order chi connectivity index (χ0) is 19.5. The van der Waals surface area contributed by atoms with Gasteiger partial charge in [0, 0.05) is 0 Å². The maximum Gasteiger partial charge on any atom is 0.410 e. The molecule has 0 spiro atoms. The molecule has 2 aliphatic heterocycles. The molecule has 0 aromatic heterocycles. The first-order valence-electron chi connectivity index (χ1n) is 9.21. The number of methoxy groups -OCH3 is 1. The van der Waals surface area contributed by atoms with Crippen LogP contribution < -0.4 is 9.47 Å². The van der Waals surface area contributed by atoms with Gasteiger partial charge in [0.2, 0.25) is 5.91 Å². The van der Waals surface area contributed by atoms with Gasteiger partial charge < -0.3 is 19.1 Å². The van der Waals surface area contributed by atoms with Crippen molar-refractivity contribution in [3.63, 3.8) is 0 Å². The van der Waals surface area contributed by atoms with E-state index in [0.717, 1.165) is 5.56 Å². The highest BCUT2D eigenvalue weighted by molar-refractivity contribution is 5.84. The first kappa shape index (κ1) is 18.2. The van der Waals surface area contributed by atoms with Crippen LogP contribution in [0.3, 0.4) is 0 Å². The van der Waals surface area contributed by atoms with Gasteiger partial charge in [-0.2, -0.15) is 0 Å². The topological polar surface area (TPSA) is 68.3 Å². The molecular formula is C21H22N2O5. The monoisotopic (exact) mass is 382 g/mol. The van der Waals surface area contributed by atoms with E-state index in [0.29, 0.717) is 24.6 Å². The normalized spacial score (nSPS) is 19.2. The Morgan fingerprint density at radius 3 is 2.46 bits per heavy atom. The van der Waals surface area contributed by atoms with Crippen molar-refractivity contribution in [1.29, 1.82) is 0 Å². The largest absolute Gasteiger partial charge is 0.493 e. The van der Waals surface area contributed by atoms with E-state index >= 15 is 0 Å². The summed E-state index contributed by atoms with van der Waals surface area (Å²) in [6.45, 7) is 1.22. The highest BCUT2D eigenvalue weighted by Gasteiger charge is 2.39. The van der Waals surface area contributed by atoms with Crippen LogP contribution in [-0.4, -0.2) is 61.3 Å². The fraction of sp³-hybridized carbons (Fsp3) is 0.333. The number of hydrogen-bond donors (Lipinski definition) is 0. The number of cyclic esters (lactones) is 1. The molecule has 2 amide bonds. The first-order valence-corrected chi connectivity index (χ1v) is 9.21. The molecule has 7 heteroatoms. The molecule has 1 atom stereocenters. The lowest BCUT2D eigenvalue weighted by Crippen LogP contribution is -2.58. The molecule has 0 aliphatic carbocycles. The number of rotatable bonds is 6. The second kappa shape index (κ2) is 7.80. The summed E-state index contributed by atoms with van der Waals surface area (Å²) < 4.78 is 16.4. The number of nitrogens with zero attached hydrogens (tertiary/aromatic N) is 2. The van der Waals surface area contributed by atoms with Gasteiger partial charge in [-0.05, 0) is 17.7 Å². The molecule has 2 saturated heterocycles. The predicted molar refractivity (Wildman–Crippen MR) is 101 cm³/mol. The molecular weight excluding hydrogens is 360 g/mol. The number of hydrogen-bond acceptors (Lipinski definition) is 5. The summed E-state index contributed by atoms with van der Waals surface area (Å²) in [6.07, 6.45) is -0.541. The summed E-state index contributed by atoms with van der Waals surface area (Å²) in [7, 11) is 1.59. The van der Waals surface area contributed by atoms with Crippen LogP contribution in [0.2, 0.25) is 0 Å². The van der Waals surface area contributed by atoms with Gasteiger partial charge in [-0.15, -0.1) is 0 Å².